The molecule has 0 radical (unpaired) electrons. The Bertz CT molecular complexity index is 1780. The Morgan fingerprint density at radius 1 is 0.977 bits per heavy atom. The first-order chi connectivity index (χ1) is 20.8. The van der Waals surface area contributed by atoms with Gasteiger partial charge < -0.3 is 9.84 Å². The van der Waals surface area contributed by atoms with E-state index in [0.29, 0.717) is 29.1 Å². The van der Waals surface area contributed by atoms with Crippen LogP contribution in [0.1, 0.15) is 39.0 Å². The van der Waals surface area contributed by atoms with Gasteiger partial charge in [-0.05, 0) is 72.7 Å². The number of aryl methyl sites for hydroxylation is 1. The molecule has 1 atom stereocenters. The molecule has 0 fully saturated rings. The second-order valence-electron chi connectivity index (χ2n) is 10.1. The van der Waals surface area contributed by atoms with Crippen molar-refractivity contribution in [2.75, 3.05) is 0 Å². The van der Waals surface area contributed by atoms with Crippen LogP contribution in [-0.2, 0) is 19.4 Å². The van der Waals surface area contributed by atoms with Crippen LogP contribution in [0.15, 0.2) is 106 Å². The van der Waals surface area contributed by atoms with Crippen molar-refractivity contribution in [3.63, 3.8) is 0 Å². The van der Waals surface area contributed by atoms with E-state index in [-0.39, 0.29) is 23.9 Å². The molecule has 1 unspecified atom stereocenters. The quantitative estimate of drug-likeness (QED) is 0.163. The number of ether oxygens (including phenoxy) is 1. The number of hydrogen-bond donors (Lipinski definition) is 2. The zero-order valence-electron chi connectivity index (χ0n) is 23.0. The summed E-state index contributed by atoms with van der Waals surface area (Å²) in [7, 11) is 0. The Balaban J connectivity index is 1.34. The van der Waals surface area contributed by atoms with E-state index in [1.165, 1.54) is 24.3 Å². The van der Waals surface area contributed by atoms with Crippen molar-refractivity contribution in [3.8, 4) is 17.1 Å². The number of carboxylic acid groups (broad SMARTS) is 1. The fourth-order valence-corrected chi connectivity index (χ4v) is 4.68. The van der Waals surface area contributed by atoms with E-state index < -0.39 is 17.5 Å². The van der Waals surface area contributed by atoms with Crippen molar-refractivity contribution < 1.29 is 27.9 Å². The molecule has 2 N–H and O–H groups in total. The van der Waals surface area contributed by atoms with Crippen molar-refractivity contribution >= 4 is 12.0 Å². The third kappa shape index (κ3) is 7.91. The van der Waals surface area contributed by atoms with Gasteiger partial charge in [0.25, 0.3) is 0 Å². The van der Waals surface area contributed by atoms with Crippen LogP contribution in [0, 0.1) is 17.6 Å². The highest BCUT2D eigenvalue weighted by Gasteiger charge is 2.12. The predicted octanol–water partition coefficient (Wildman–Crippen LogP) is 7.09. The average molecular weight is 583 g/mol. The number of aromatic carboxylic acids is 1. The van der Waals surface area contributed by atoms with E-state index >= 15 is 0 Å². The lowest BCUT2D eigenvalue weighted by Crippen LogP contribution is -2.05. The van der Waals surface area contributed by atoms with Crippen molar-refractivity contribution in [3.05, 3.63) is 147 Å². The predicted molar refractivity (Wildman–Crippen MR) is 158 cm³/mol. The summed E-state index contributed by atoms with van der Waals surface area (Å²) >= 11 is 0. The fraction of sp³-hybridized carbons (Fsp3) is 0.147. The van der Waals surface area contributed by atoms with Crippen LogP contribution >= 0.6 is 0 Å². The molecular formula is C34H28F2N2O5. The molecule has 1 aromatic heterocycles. The molecule has 1 heterocycles. The maximum absolute atomic E-state index is 14.2. The van der Waals surface area contributed by atoms with Gasteiger partial charge in [0, 0.05) is 16.7 Å². The smallest absolute Gasteiger partial charge is 0.439 e. The fourth-order valence-electron chi connectivity index (χ4n) is 4.68. The van der Waals surface area contributed by atoms with Gasteiger partial charge in [-0.1, -0.05) is 71.9 Å². The van der Waals surface area contributed by atoms with Gasteiger partial charge in [0.2, 0.25) is 0 Å². The summed E-state index contributed by atoms with van der Waals surface area (Å²) in [5.41, 5.74) is 3.87. The maximum Gasteiger partial charge on any atom is 0.439 e. The second kappa shape index (κ2) is 13.6. The molecule has 218 valence electrons. The second-order valence-corrected chi connectivity index (χ2v) is 10.1. The van der Waals surface area contributed by atoms with Crippen LogP contribution < -0.4 is 10.5 Å². The van der Waals surface area contributed by atoms with Crippen LogP contribution in [0.25, 0.3) is 17.5 Å². The molecule has 0 aliphatic heterocycles. The number of H-pyrrole nitrogens is 1. The molecule has 0 bridgehead atoms. The Labute approximate surface area is 246 Å². The number of aromatic amines is 1. The van der Waals surface area contributed by atoms with E-state index in [2.05, 4.69) is 14.7 Å². The highest BCUT2D eigenvalue weighted by Crippen LogP contribution is 2.26. The molecule has 0 aliphatic carbocycles. The number of hydrogen-bond acceptors (Lipinski definition) is 5. The summed E-state index contributed by atoms with van der Waals surface area (Å²) in [6.45, 7) is -0.00325. The highest BCUT2D eigenvalue weighted by atomic mass is 19.1. The van der Waals surface area contributed by atoms with Crippen molar-refractivity contribution in [2.24, 2.45) is 5.92 Å². The van der Waals surface area contributed by atoms with Gasteiger partial charge in [-0.25, -0.2) is 18.4 Å². The number of carboxylic acids is 1. The van der Waals surface area contributed by atoms with Crippen molar-refractivity contribution in [1.82, 2.24) is 10.1 Å². The molecule has 0 spiro atoms. The summed E-state index contributed by atoms with van der Waals surface area (Å²) in [4.78, 5) is 25.1. The lowest BCUT2D eigenvalue weighted by atomic mass is 9.91. The third-order valence-electron chi connectivity index (χ3n) is 7.03. The topological polar surface area (TPSA) is 105 Å². The lowest BCUT2D eigenvalue weighted by Gasteiger charge is -2.15. The largest absolute Gasteiger partial charge is 0.488 e. The van der Waals surface area contributed by atoms with Gasteiger partial charge in [-0.15, -0.1) is 0 Å². The van der Waals surface area contributed by atoms with Gasteiger partial charge in [0.15, 0.2) is 5.82 Å². The molecule has 0 saturated carbocycles. The Morgan fingerprint density at radius 2 is 1.72 bits per heavy atom. The van der Waals surface area contributed by atoms with Crippen LogP contribution in [0.5, 0.6) is 5.75 Å². The minimum absolute atomic E-state index is 0.00325. The van der Waals surface area contributed by atoms with Crippen LogP contribution in [0.3, 0.4) is 0 Å². The molecule has 7 nitrogen and oxygen atoms in total. The number of halogens is 2. The van der Waals surface area contributed by atoms with Gasteiger partial charge in [0.1, 0.15) is 24.0 Å². The molecular weight excluding hydrogens is 554 g/mol. The van der Waals surface area contributed by atoms with E-state index in [0.717, 1.165) is 29.5 Å². The summed E-state index contributed by atoms with van der Waals surface area (Å²) in [6, 6.07) is 24.9. The molecule has 5 rings (SSSR count). The van der Waals surface area contributed by atoms with Crippen LogP contribution in [0.2, 0.25) is 0 Å². The standard InChI is InChI=1S/C34H28F2N2O5/c35-29-17-18-31(42-21-28-3-1-2-4-30(28)36)27(20-29)16-11-23(19-24-9-14-26(15-10-24)33(39)40)6-5-22-7-12-25(13-8-22)32-37-34(41)43-38-32/h1-4,7-18,20,23H,5-6,19,21H2,(H,39,40)(H,37,38,41)/b16-11-. The summed E-state index contributed by atoms with van der Waals surface area (Å²) in [5, 5.41) is 13.0. The minimum atomic E-state index is -0.991. The lowest BCUT2D eigenvalue weighted by molar-refractivity contribution is 0.0697. The number of nitrogens with one attached hydrogen (secondary N) is 1. The number of carbonyl (C=O) groups is 1. The molecule has 9 heteroatoms. The molecule has 4 aromatic carbocycles. The first-order valence-corrected chi connectivity index (χ1v) is 13.7. The van der Waals surface area contributed by atoms with E-state index in [1.807, 2.05) is 30.3 Å². The first kappa shape index (κ1) is 29.2. The SMILES string of the molecule is O=C(O)c1ccc(CC(/C=C\c2cc(F)ccc2OCc2ccccc2F)CCc2ccc(-c3noc(=O)[nH]3)cc2)cc1. The van der Waals surface area contributed by atoms with Gasteiger partial charge in [-0.2, -0.15) is 0 Å². The Morgan fingerprint density at radius 3 is 2.42 bits per heavy atom. The number of rotatable bonds is 12. The summed E-state index contributed by atoms with van der Waals surface area (Å²) in [6.07, 6.45) is 5.87. The van der Waals surface area contributed by atoms with E-state index in [9.17, 15) is 23.5 Å². The van der Waals surface area contributed by atoms with Crippen molar-refractivity contribution in [2.45, 2.75) is 25.9 Å². The van der Waals surface area contributed by atoms with Gasteiger partial charge in [-0.3, -0.25) is 9.51 Å². The number of aromatic nitrogens is 2. The molecule has 5 aromatic rings. The van der Waals surface area contributed by atoms with Crippen LogP contribution in [-0.4, -0.2) is 21.2 Å². The zero-order valence-corrected chi connectivity index (χ0v) is 23.0. The van der Waals surface area contributed by atoms with Crippen LogP contribution in [0.4, 0.5) is 8.78 Å². The van der Waals surface area contributed by atoms with Gasteiger partial charge in [0.05, 0.1) is 5.56 Å². The normalized spacial score (nSPS) is 12.0. The Kier molecular flexibility index (Phi) is 9.21. The van der Waals surface area contributed by atoms with E-state index in [4.69, 9.17) is 4.74 Å². The first-order valence-electron chi connectivity index (χ1n) is 13.7. The third-order valence-corrected chi connectivity index (χ3v) is 7.03. The number of allylic oxidation sites excluding steroid dienone is 1. The Hall–Kier alpha value is -5.31. The molecule has 0 saturated heterocycles. The maximum atomic E-state index is 14.2. The average Bonchev–Trinajstić information content (AvgIpc) is 3.45. The van der Waals surface area contributed by atoms with Gasteiger partial charge >= 0.3 is 11.7 Å². The van der Waals surface area contributed by atoms with E-state index in [1.54, 1.807) is 48.5 Å². The molecule has 0 aliphatic rings. The summed E-state index contributed by atoms with van der Waals surface area (Å²) in [5.74, 6) is -1.63. The zero-order chi connectivity index (χ0) is 30.2. The number of benzene rings is 4. The molecule has 0 amide bonds. The minimum Gasteiger partial charge on any atom is -0.488 e. The summed E-state index contributed by atoms with van der Waals surface area (Å²) < 4.78 is 38.8. The highest BCUT2D eigenvalue weighted by molar-refractivity contribution is 5.87. The molecule has 43 heavy (non-hydrogen) atoms. The monoisotopic (exact) mass is 582 g/mol. The number of nitrogens with zero attached hydrogens (tertiary/aromatic N) is 1. The van der Waals surface area contributed by atoms with Crippen molar-refractivity contribution in [1.29, 1.82) is 0 Å².